The van der Waals surface area contributed by atoms with E-state index in [1.165, 1.54) is 0 Å². The van der Waals surface area contributed by atoms with Crippen LogP contribution in [0.15, 0.2) is 30.3 Å². The van der Waals surface area contributed by atoms with E-state index in [2.05, 4.69) is 5.32 Å². The van der Waals surface area contributed by atoms with Crippen LogP contribution < -0.4 is 5.32 Å². The number of ether oxygens (including phenoxy) is 1. The minimum absolute atomic E-state index is 0.0965. The summed E-state index contributed by atoms with van der Waals surface area (Å²) in [6, 6.07) is 9.54. The molecule has 0 aromatic heterocycles. The predicted molar refractivity (Wildman–Crippen MR) is 81.4 cm³/mol. The Kier molecular flexibility index (Phi) is 6.21. The van der Waals surface area contributed by atoms with E-state index in [-0.39, 0.29) is 13.2 Å². The van der Waals surface area contributed by atoms with Gasteiger partial charge in [0, 0.05) is 6.54 Å². The number of nitrogens with one attached hydrogen (secondary N) is 1. The number of carbonyl (C=O) groups is 2. The number of carbonyl (C=O) groups excluding carboxylic acids is 1. The van der Waals surface area contributed by atoms with Crippen molar-refractivity contribution in [3.63, 3.8) is 0 Å². The summed E-state index contributed by atoms with van der Waals surface area (Å²) in [4.78, 5) is 24.2. The summed E-state index contributed by atoms with van der Waals surface area (Å²) in [6.07, 6.45) is 1.38. The Morgan fingerprint density at radius 3 is 2.55 bits per heavy atom. The van der Waals surface area contributed by atoms with Gasteiger partial charge in [-0.15, -0.1) is 0 Å². The number of hydrogen-bond acceptors (Lipinski definition) is 4. The molecule has 0 aliphatic carbocycles. The van der Waals surface area contributed by atoms with Crippen molar-refractivity contribution in [3.05, 3.63) is 35.9 Å². The molecule has 0 bridgehead atoms. The molecule has 1 amide bonds. The highest BCUT2D eigenvalue weighted by Crippen LogP contribution is 2.16. The van der Waals surface area contributed by atoms with Gasteiger partial charge in [-0.05, 0) is 37.4 Å². The molecule has 0 spiro atoms. The van der Waals surface area contributed by atoms with Crippen LogP contribution in [0.4, 0.5) is 4.79 Å². The zero-order chi connectivity index (χ0) is 15.8. The third kappa shape index (κ3) is 5.73. The molecule has 1 heterocycles. The van der Waals surface area contributed by atoms with Crippen LogP contribution in [0.1, 0.15) is 18.4 Å². The smallest absolute Gasteiger partial charge is 0.407 e. The van der Waals surface area contributed by atoms with Gasteiger partial charge in [-0.25, -0.2) is 4.79 Å². The minimum Gasteiger partial charge on any atom is -0.480 e. The Bertz CT molecular complexity index is 484. The highest BCUT2D eigenvalue weighted by atomic mass is 16.5. The molecule has 1 aromatic carbocycles. The molecule has 1 saturated heterocycles. The first-order valence-electron chi connectivity index (χ1n) is 7.52. The van der Waals surface area contributed by atoms with Crippen LogP contribution in [-0.4, -0.2) is 48.2 Å². The van der Waals surface area contributed by atoms with Gasteiger partial charge >= 0.3 is 12.1 Å². The monoisotopic (exact) mass is 306 g/mol. The van der Waals surface area contributed by atoms with Gasteiger partial charge in [0.05, 0.1) is 6.54 Å². The SMILES string of the molecule is O=C(O)CN1CCC(CNC(=O)OCc2ccccc2)CC1. The zero-order valence-corrected chi connectivity index (χ0v) is 12.5. The van der Waals surface area contributed by atoms with E-state index in [0.29, 0.717) is 12.5 Å². The molecule has 22 heavy (non-hydrogen) atoms. The number of rotatable bonds is 6. The molecule has 2 rings (SSSR count). The lowest BCUT2D eigenvalue weighted by Gasteiger charge is -2.30. The Morgan fingerprint density at radius 2 is 1.91 bits per heavy atom. The number of piperidine rings is 1. The number of aliphatic carboxylic acids is 1. The number of nitrogens with zero attached hydrogens (tertiary/aromatic N) is 1. The van der Waals surface area contributed by atoms with Crippen molar-refractivity contribution in [1.29, 1.82) is 0 Å². The van der Waals surface area contributed by atoms with E-state index >= 15 is 0 Å². The Morgan fingerprint density at radius 1 is 1.23 bits per heavy atom. The van der Waals surface area contributed by atoms with E-state index in [4.69, 9.17) is 9.84 Å². The number of alkyl carbamates (subject to hydrolysis) is 1. The molecule has 0 atom stereocenters. The molecule has 1 aromatic rings. The maximum absolute atomic E-state index is 11.6. The Labute approximate surface area is 130 Å². The summed E-state index contributed by atoms with van der Waals surface area (Å²) in [7, 11) is 0. The molecule has 1 aliphatic heterocycles. The van der Waals surface area contributed by atoms with Crippen molar-refractivity contribution in [2.75, 3.05) is 26.2 Å². The molecule has 0 unspecified atom stereocenters. The third-order valence-electron chi connectivity index (χ3n) is 3.81. The van der Waals surface area contributed by atoms with Gasteiger partial charge in [0.25, 0.3) is 0 Å². The molecule has 120 valence electrons. The van der Waals surface area contributed by atoms with Crippen molar-refractivity contribution >= 4 is 12.1 Å². The second kappa shape index (κ2) is 8.38. The minimum atomic E-state index is -0.791. The second-order valence-electron chi connectivity index (χ2n) is 5.56. The van der Waals surface area contributed by atoms with Gasteiger partial charge in [0.15, 0.2) is 0 Å². The quantitative estimate of drug-likeness (QED) is 0.836. The lowest BCUT2D eigenvalue weighted by atomic mass is 9.97. The molecule has 6 nitrogen and oxygen atoms in total. The summed E-state index contributed by atoms with van der Waals surface area (Å²) in [5.41, 5.74) is 0.958. The van der Waals surface area contributed by atoms with E-state index in [1.807, 2.05) is 35.2 Å². The highest BCUT2D eigenvalue weighted by molar-refractivity contribution is 5.69. The topological polar surface area (TPSA) is 78.9 Å². The number of likely N-dealkylation sites (tertiary alicyclic amines) is 1. The van der Waals surface area contributed by atoms with Crippen molar-refractivity contribution < 1.29 is 19.4 Å². The molecular weight excluding hydrogens is 284 g/mol. The normalized spacial score (nSPS) is 16.2. The first-order valence-corrected chi connectivity index (χ1v) is 7.52. The summed E-state index contributed by atoms with van der Waals surface area (Å²) >= 11 is 0. The summed E-state index contributed by atoms with van der Waals surface area (Å²) in [6.45, 7) is 2.47. The Hall–Kier alpha value is -2.08. The van der Waals surface area contributed by atoms with Gasteiger partial charge < -0.3 is 15.2 Å². The standard InChI is InChI=1S/C16H22N2O4/c19-15(20)11-18-8-6-13(7-9-18)10-17-16(21)22-12-14-4-2-1-3-5-14/h1-5,13H,6-12H2,(H,17,21)(H,19,20). The second-order valence-corrected chi connectivity index (χ2v) is 5.56. The third-order valence-corrected chi connectivity index (χ3v) is 3.81. The maximum atomic E-state index is 11.6. The average molecular weight is 306 g/mol. The fourth-order valence-electron chi connectivity index (χ4n) is 2.54. The lowest BCUT2D eigenvalue weighted by molar-refractivity contribution is -0.138. The van der Waals surface area contributed by atoms with Crippen LogP contribution in [0.2, 0.25) is 0 Å². The van der Waals surface area contributed by atoms with Crippen LogP contribution in [0.3, 0.4) is 0 Å². The van der Waals surface area contributed by atoms with Crippen molar-refractivity contribution in [3.8, 4) is 0 Å². The summed E-state index contributed by atoms with van der Waals surface area (Å²) < 4.78 is 5.15. The molecule has 1 fully saturated rings. The van der Waals surface area contributed by atoms with Crippen LogP contribution in [0, 0.1) is 5.92 Å². The van der Waals surface area contributed by atoms with Crippen molar-refractivity contribution in [2.45, 2.75) is 19.4 Å². The van der Waals surface area contributed by atoms with Crippen molar-refractivity contribution in [1.82, 2.24) is 10.2 Å². The fraction of sp³-hybridized carbons (Fsp3) is 0.500. The van der Waals surface area contributed by atoms with E-state index in [0.717, 1.165) is 31.5 Å². The Balaban J connectivity index is 1.60. The van der Waals surface area contributed by atoms with Crippen LogP contribution in [0.25, 0.3) is 0 Å². The van der Waals surface area contributed by atoms with Gasteiger partial charge in [-0.2, -0.15) is 0 Å². The van der Waals surface area contributed by atoms with Gasteiger partial charge in [0.2, 0.25) is 0 Å². The zero-order valence-electron chi connectivity index (χ0n) is 12.5. The number of amides is 1. The van der Waals surface area contributed by atoms with Gasteiger partial charge in [-0.1, -0.05) is 30.3 Å². The van der Waals surface area contributed by atoms with Crippen LogP contribution in [-0.2, 0) is 16.1 Å². The number of carboxylic acids is 1. The molecule has 1 aliphatic rings. The first-order chi connectivity index (χ1) is 10.6. The average Bonchev–Trinajstić information content (AvgIpc) is 2.53. The van der Waals surface area contributed by atoms with Gasteiger partial charge in [0.1, 0.15) is 6.61 Å². The molecule has 2 N–H and O–H groups in total. The largest absolute Gasteiger partial charge is 0.480 e. The number of benzene rings is 1. The predicted octanol–water partition coefficient (Wildman–Crippen LogP) is 1.71. The number of hydrogen-bond donors (Lipinski definition) is 2. The van der Waals surface area contributed by atoms with Crippen LogP contribution >= 0.6 is 0 Å². The first kappa shape index (κ1) is 16.3. The van der Waals surface area contributed by atoms with Crippen molar-refractivity contribution in [2.24, 2.45) is 5.92 Å². The maximum Gasteiger partial charge on any atom is 0.407 e. The van der Waals surface area contributed by atoms with E-state index in [9.17, 15) is 9.59 Å². The van der Waals surface area contributed by atoms with E-state index in [1.54, 1.807) is 0 Å². The number of carboxylic acid groups (broad SMARTS) is 1. The highest BCUT2D eigenvalue weighted by Gasteiger charge is 2.21. The lowest BCUT2D eigenvalue weighted by Crippen LogP contribution is -2.40. The molecule has 6 heteroatoms. The fourth-order valence-corrected chi connectivity index (χ4v) is 2.54. The summed E-state index contributed by atoms with van der Waals surface area (Å²) in [5.74, 6) is -0.407. The molecule has 0 radical (unpaired) electrons. The van der Waals surface area contributed by atoms with Gasteiger partial charge in [-0.3, -0.25) is 9.69 Å². The van der Waals surface area contributed by atoms with Crippen LogP contribution in [0.5, 0.6) is 0 Å². The summed E-state index contributed by atoms with van der Waals surface area (Å²) in [5, 5.41) is 11.5. The molecule has 0 saturated carbocycles. The van der Waals surface area contributed by atoms with E-state index < -0.39 is 12.1 Å². The molecular formula is C16H22N2O4.